The van der Waals surface area contributed by atoms with Gasteiger partial charge in [0.05, 0.1) is 0 Å². The van der Waals surface area contributed by atoms with Crippen molar-refractivity contribution < 1.29 is 0 Å². The van der Waals surface area contributed by atoms with E-state index in [1.807, 2.05) is 6.07 Å². The molecule has 1 aromatic rings. The molecular weight excluding hydrogens is 188 g/mol. The molecule has 1 saturated carbocycles. The molecule has 0 atom stereocenters. The van der Waals surface area contributed by atoms with Gasteiger partial charge in [0.2, 0.25) is 0 Å². The first kappa shape index (κ1) is 10.1. The number of aryl methyl sites for hydroxylation is 1. The molecule has 0 N–H and O–H groups in total. The van der Waals surface area contributed by atoms with Gasteiger partial charge in [0.1, 0.15) is 0 Å². The average molecular weight is 206 g/mol. The molecule has 0 spiro atoms. The molecule has 1 aliphatic carbocycles. The molecule has 0 aromatic heterocycles. The highest BCUT2D eigenvalue weighted by atomic mass is 32.1. The Labute approximate surface area is 92.1 Å². The highest BCUT2D eigenvalue weighted by molar-refractivity contribution is 7.80. The van der Waals surface area contributed by atoms with Crippen LogP contribution < -0.4 is 0 Å². The van der Waals surface area contributed by atoms with Crippen LogP contribution in [-0.2, 0) is 6.42 Å². The Morgan fingerprint density at radius 3 is 2.71 bits per heavy atom. The lowest BCUT2D eigenvalue weighted by Crippen LogP contribution is -1.96. The van der Waals surface area contributed by atoms with Gasteiger partial charge in [0, 0.05) is 4.90 Å². The van der Waals surface area contributed by atoms with Crippen LogP contribution in [0.15, 0.2) is 29.2 Å². The van der Waals surface area contributed by atoms with Crippen LogP contribution in [0.25, 0.3) is 0 Å². The first-order valence-electron chi connectivity index (χ1n) is 5.62. The van der Waals surface area contributed by atoms with Gasteiger partial charge >= 0.3 is 0 Å². The van der Waals surface area contributed by atoms with Gasteiger partial charge in [-0.05, 0) is 36.5 Å². The van der Waals surface area contributed by atoms with E-state index < -0.39 is 0 Å². The van der Waals surface area contributed by atoms with Gasteiger partial charge in [-0.1, -0.05) is 37.8 Å². The fourth-order valence-corrected chi connectivity index (χ4v) is 2.63. The van der Waals surface area contributed by atoms with Crippen LogP contribution in [0.4, 0.5) is 0 Å². The van der Waals surface area contributed by atoms with Gasteiger partial charge < -0.3 is 0 Å². The van der Waals surface area contributed by atoms with Gasteiger partial charge in [-0.3, -0.25) is 0 Å². The van der Waals surface area contributed by atoms with Crippen molar-refractivity contribution in [1.29, 1.82) is 0 Å². The quantitative estimate of drug-likeness (QED) is 0.707. The third-order valence-corrected chi connectivity index (χ3v) is 3.50. The summed E-state index contributed by atoms with van der Waals surface area (Å²) in [4.78, 5) is 1.09. The third kappa shape index (κ3) is 2.78. The Balaban J connectivity index is 1.85. The molecule has 1 fully saturated rings. The van der Waals surface area contributed by atoms with Crippen LogP contribution in [0.1, 0.15) is 37.7 Å². The van der Waals surface area contributed by atoms with Gasteiger partial charge in [-0.2, -0.15) is 0 Å². The lowest BCUT2D eigenvalue weighted by atomic mass is 9.98. The van der Waals surface area contributed by atoms with Crippen molar-refractivity contribution in [2.45, 2.75) is 43.4 Å². The summed E-state index contributed by atoms with van der Waals surface area (Å²) in [6, 6.07) is 8.56. The third-order valence-electron chi connectivity index (χ3n) is 3.23. The van der Waals surface area contributed by atoms with Crippen molar-refractivity contribution in [1.82, 2.24) is 0 Å². The summed E-state index contributed by atoms with van der Waals surface area (Å²) < 4.78 is 0. The normalized spacial score (nSPS) is 17.5. The molecule has 0 unspecified atom stereocenters. The molecule has 0 bridgehead atoms. The molecule has 0 nitrogen and oxygen atoms in total. The maximum Gasteiger partial charge on any atom is 0.00427 e. The van der Waals surface area contributed by atoms with Crippen LogP contribution in [0, 0.1) is 5.92 Å². The predicted molar refractivity (Wildman–Crippen MR) is 64.0 cm³/mol. The molecule has 0 saturated heterocycles. The maximum atomic E-state index is 4.36. The van der Waals surface area contributed by atoms with Crippen molar-refractivity contribution in [3.05, 3.63) is 29.8 Å². The number of rotatable bonds is 3. The molecular formula is C13H18S. The fraction of sp³-hybridized carbons (Fsp3) is 0.538. The maximum absolute atomic E-state index is 4.36. The monoisotopic (exact) mass is 206 g/mol. The first-order valence-corrected chi connectivity index (χ1v) is 6.07. The molecule has 0 amide bonds. The van der Waals surface area contributed by atoms with E-state index in [0.717, 1.165) is 10.8 Å². The fourth-order valence-electron chi connectivity index (χ4n) is 2.38. The zero-order chi connectivity index (χ0) is 9.80. The molecule has 0 heterocycles. The smallest absolute Gasteiger partial charge is 0.00427 e. The summed E-state index contributed by atoms with van der Waals surface area (Å²) >= 11 is 4.36. The Hall–Kier alpha value is -0.430. The van der Waals surface area contributed by atoms with E-state index in [1.165, 1.54) is 44.1 Å². The highest BCUT2D eigenvalue weighted by Crippen LogP contribution is 2.28. The van der Waals surface area contributed by atoms with Crippen molar-refractivity contribution >= 4 is 12.6 Å². The van der Waals surface area contributed by atoms with E-state index in [1.54, 1.807) is 0 Å². The number of hydrogen-bond donors (Lipinski definition) is 1. The summed E-state index contributed by atoms with van der Waals surface area (Å²) in [5.74, 6) is 0.999. The Bertz CT molecular complexity index is 287. The first-order chi connectivity index (χ1) is 6.84. The van der Waals surface area contributed by atoms with Crippen molar-refractivity contribution in [3.63, 3.8) is 0 Å². The van der Waals surface area contributed by atoms with Crippen LogP contribution in [0.3, 0.4) is 0 Å². The largest absolute Gasteiger partial charge is 0.143 e. The minimum absolute atomic E-state index is 0.999. The molecule has 2 rings (SSSR count). The summed E-state index contributed by atoms with van der Waals surface area (Å²) in [6.07, 6.45) is 8.44. The molecule has 1 aliphatic rings. The summed E-state index contributed by atoms with van der Waals surface area (Å²) in [5, 5.41) is 0. The van der Waals surface area contributed by atoms with Crippen molar-refractivity contribution in [3.8, 4) is 0 Å². The number of thiol groups is 1. The minimum Gasteiger partial charge on any atom is -0.143 e. The van der Waals surface area contributed by atoms with Crippen molar-refractivity contribution in [2.75, 3.05) is 0 Å². The van der Waals surface area contributed by atoms with Crippen LogP contribution in [0.5, 0.6) is 0 Å². The second-order valence-electron chi connectivity index (χ2n) is 4.36. The second kappa shape index (κ2) is 4.88. The number of benzene rings is 1. The molecule has 0 radical (unpaired) electrons. The lowest BCUT2D eigenvalue weighted by molar-refractivity contribution is 0.503. The van der Waals surface area contributed by atoms with Crippen LogP contribution >= 0.6 is 12.6 Å². The molecule has 14 heavy (non-hydrogen) atoms. The predicted octanol–water partition coefficient (Wildman–Crippen LogP) is 4.10. The van der Waals surface area contributed by atoms with E-state index in [0.29, 0.717) is 0 Å². The standard InChI is InChI=1S/C13H18S/c14-13-7-3-6-12(10-13)9-8-11-4-1-2-5-11/h3,6-7,10-11,14H,1-2,4-5,8-9H2. The van der Waals surface area contributed by atoms with Gasteiger partial charge in [-0.15, -0.1) is 12.6 Å². The van der Waals surface area contributed by atoms with Gasteiger partial charge in [-0.25, -0.2) is 0 Å². The zero-order valence-electron chi connectivity index (χ0n) is 8.58. The topological polar surface area (TPSA) is 0 Å². The second-order valence-corrected chi connectivity index (χ2v) is 4.88. The Morgan fingerprint density at radius 1 is 1.21 bits per heavy atom. The minimum atomic E-state index is 0.999. The number of hydrogen-bond acceptors (Lipinski definition) is 1. The van der Waals surface area contributed by atoms with E-state index in [4.69, 9.17) is 0 Å². The van der Waals surface area contributed by atoms with Gasteiger partial charge in [0.15, 0.2) is 0 Å². The Kier molecular flexibility index (Phi) is 3.52. The molecule has 76 valence electrons. The highest BCUT2D eigenvalue weighted by Gasteiger charge is 2.14. The van der Waals surface area contributed by atoms with Crippen LogP contribution in [0.2, 0.25) is 0 Å². The molecule has 0 aliphatic heterocycles. The van der Waals surface area contributed by atoms with Crippen molar-refractivity contribution in [2.24, 2.45) is 5.92 Å². The lowest BCUT2D eigenvalue weighted by Gasteiger charge is -2.08. The summed E-state index contributed by atoms with van der Waals surface area (Å²) in [5.41, 5.74) is 1.45. The molecule has 1 aromatic carbocycles. The average Bonchev–Trinajstić information content (AvgIpc) is 2.67. The van der Waals surface area contributed by atoms with E-state index >= 15 is 0 Å². The van der Waals surface area contributed by atoms with E-state index in [2.05, 4.69) is 30.8 Å². The van der Waals surface area contributed by atoms with Gasteiger partial charge in [0.25, 0.3) is 0 Å². The Morgan fingerprint density at radius 2 is 2.00 bits per heavy atom. The van der Waals surface area contributed by atoms with E-state index in [9.17, 15) is 0 Å². The zero-order valence-corrected chi connectivity index (χ0v) is 9.47. The van der Waals surface area contributed by atoms with E-state index in [-0.39, 0.29) is 0 Å². The van der Waals surface area contributed by atoms with Crippen LogP contribution in [-0.4, -0.2) is 0 Å². The SMILES string of the molecule is Sc1cccc(CCC2CCCC2)c1. The summed E-state index contributed by atoms with van der Waals surface area (Å²) in [7, 11) is 0. The summed E-state index contributed by atoms with van der Waals surface area (Å²) in [6.45, 7) is 0. The molecule has 1 heteroatoms.